The van der Waals surface area contributed by atoms with Crippen molar-refractivity contribution in [3.63, 3.8) is 0 Å². The molecule has 0 amide bonds. The lowest BCUT2D eigenvalue weighted by Gasteiger charge is -2.25. The van der Waals surface area contributed by atoms with Crippen LogP contribution in [0.25, 0.3) is 0 Å². The maximum Gasteiger partial charge on any atom is 0.339 e. The van der Waals surface area contributed by atoms with Gasteiger partial charge < -0.3 is 10.0 Å². The Kier molecular flexibility index (Phi) is 2.92. The predicted octanol–water partition coefficient (Wildman–Crippen LogP) is 2.17. The van der Waals surface area contributed by atoms with Gasteiger partial charge in [0, 0.05) is 12.6 Å². The number of hydrogen-bond donors (Lipinski definition) is 1. The molecule has 2 aliphatic rings. The smallest absolute Gasteiger partial charge is 0.339 e. The van der Waals surface area contributed by atoms with Crippen LogP contribution in [0.2, 0.25) is 0 Å². The second kappa shape index (κ2) is 4.47. The summed E-state index contributed by atoms with van der Waals surface area (Å²) in [5.74, 6) is 0.391. The Morgan fingerprint density at radius 2 is 1.95 bits per heavy atom. The highest BCUT2D eigenvalue weighted by Gasteiger charge is 2.37. The number of hydrogen-bond acceptors (Lipinski definition) is 4. The molecule has 1 aromatic rings. The second-order valence-electron chi connectivity index (χ2n) is 5.74. The number of carboxylic acids is 1. The van der Waals surface area contributed by atoms with Crippen LogP contribution in [0.4, 0.5) is 5.82 Å². The van der Waals surface area contributed by atoms with Gasteiger partial charge in [0.2, 0.25) is 0 Å². The molecule has 1 heterocycles. The van der Waals surface area contributed by atoms with Crippen molar-refractivity contribution >= 4 is 11.8 Å². The van der Waals surface area contributed by atoms with Gasteiger partial charge in [0.15, 0.2) is 5.82 Å². The number of carboxylic acid groups (broad SMARTS) is 1. The lowest BCUT2D eigenvalue weighted by Crippen LogP contribution is -2.31. The van der Waals surface area contributed by atoms with E-state index in [9.17, 15) is 9.90 Å². The van der Waals surface area contributed by atoms with Gasteiger partial charge in [-0.3, -0.25) is 0 Å². The van der Waals surface area contributed by atoms with Crippen molar-refractivity contribution in [3.05, 3.63) is 16.8 Å². The molecule has 1 N–H and O–H groups in total. The molecule has 2 aliphatic carbocycles. The van der Waals surface area contributed by atoms with Gasteiger partial charge in [-0.15, -0.1) is 5.10 Å². The summed E-state index contributed by atoms with van der Waals surface area (Å²) in [4.78, 5) is 13.7. The topological polar surface area (TPSA) is 66.3 Å². The average Bonchev–Trinajstić information content (AvgIpc) is 3.23. The van der Waals surface area contributed by atoms with Gasteiger partial charge in [0.05, 0.1) is 5.69 Å². The van der Waals surface area contributed by atoms with E-state index in [0.717, 1.165) is 24.9 Å². The third kappa shape index (κ3) is 2.41. The van der Waals surface area contributed by atoms with Crippen LogP contribution in [0.15, 0.2) is 0 Å². The summed E-state index contributed by atoms with van der Waals surface area (Å²) in [6.07, 6.45) is 4.79. The summed E-state index contributed by atoms with van der Waals surface area (Å²) in [7, 11) is 0. The fourth-order valence-electron chi connectivity index (χ4n) is 2.43. The maximum absolute atomic E-state index is 11.5. The highest BCUT2D eigenvalue weighted by Crippen LogP contribution is 2.38. The molecule has 2 saturated carbocycles. The van der Waals surface area contributed by atoms with Crippen LogP contribution in [-0.2, 0) is 0 Å². The highest BCUT2D eigenvalue weighted by molar-refractivity contribution is 5.95. The normalized spacial score (nSPS) is 18.4. The first-order chi connectivity index (χ1) is 9.08. The van der Waals surface area contributed by atoms with E-state index in [-0.39, 0.29) is 0 Å². The molecule has 5 nitrogen and oxygen atoms in total. The number of nitrogens with zero attached hydrogens (tertiary/aromatic N) is 3. The standard InChI is InChI=1S/C14H19N3O2/c1-8-9(2)15-16-13(12(8)14(18)19)17(11-5-6-11)7-10-3-4-10/h10-11H,3-7H2,1-2H3,(H,18,19). The number of aromatic carboxylic acids is 1. The number of anilines is 1. The maximum atomic E-state index is 11.5. The largest absolute Gasteiger partial charge is 0.478 e. The van der Waals surface area contributed by atoms with Crippen LogP contribution in [0.5, 0.6) is 0 Å². The van der Waals surface area contributed by atoms with E-state index in [1.807, 2.05) is 6.92 Å². The van der Waals surface area contributed by atoms with E-state index in [2.05, 4.69) is 15.1 Å². The fourth-order valence-corrected chi connectivity index (χ4v) is 2.43. The summed E-state index contributed by atoms with van der Waals surface area (Å²) in [6.45, 7) is 4.56. The highest BCUT2D eigenvalue weighted by atomic mass is 16.4. The molecule has 5 heteroatoms. The summed E-state index contributed by atoms with van der Waals surface area (Å²) in [5.41, 5.74) is 1.77. The van der Waals surface area contributed by atoms with E-state index in [1.54, 1.807) is 6.92 Å². The summed E-state index contributed by atoms with van der Waals surface area (Å²) < 4.78 is 0. The number of aromatic nitrogens is 2. The third-order valence-corrected chi connectivity index (χ3v) is 4.06. The van der Waals surface area contributed by atoms with Gasteiger partial charge in [0.1, 0.15) is 5.56 Å². The van der Waals surface area contributed by atoms with E-state index < -0.39 is 5.97 Å². The van der Waals surface area contributed by atoms with Crippen LogP contribution in [-0.4, -0.2) is 33.9 Å². The average molecular weight is 261 g/mol. The van der Waals surface area contributed by atoms with E-state index >= 15 is 0 Å². The zero-order valence-electron chi connectivity index (χ0n) is 11.4. The van der Waals surface area contributed by atoms with E-state index in [1.165, 1.54) is 12.8 Å². The quantitative estimate of drug-likeness (QED) is 0.880. The number of aryl methyl sites for hydroxylation is 1. The van der Waals surface area contributed by atoms with Crippen molar-refractivity contribution in [2.75, 3.05) is 11.4 Å². The lowest BCUT2D eigenvalue weighted by molar-refractivity contribution is 0.0696. The van der Waals surface area contributed by atoms with Crippen molar-refractivity contribution in [3.8, 4) is 0 Å². The summed E-state index contributed by atoms with van der Waals surface area (Å²) in [6, 6.07) is 0.468. The van der Waals surface area contributed by atoms with Gasteiger partial charge in [-0.25, -0.2) is 4.79 Å². The molecule has 3 rings (SSSR count). The Labute approximate surface area is 112 Å². The monoisotopic (exact) mass is 261 g/mol. The molecule has 0 aliphatic heterocycles. The Balaban J connectivity index is 2.01. The van der Waals surface area contributed by atoms with Crippen molar-refractivity contribution in [1.29, 1.82) is 0 Å². The molecular weight excluding hydrogens is 242 g/mol. The van der Waals surface area contributed by atoms with Crippen LogP contribution >= 0.6 is 0 Å². The number of rotatable bonds is 5. The van der Waals surface area contributed by atoms with Crippen LogP contribution in [0.3, 0.4) is 0 Å². The molecule has 0 bridgehead atoms. The van der Waals surface area contributed by atoms with E-state index in [0.29, 0.717) is 29.0 Å². The molecule has 1 aromatic heterocycles. The minimum Gasteiger partial charge on any atom is -0.478 e. The van der Waals surface area contributed by atoms with Gasteiger partial charge in [0.25, 0.3) is 0 Å². The van der Waals surface area contributed by atoms with Crippen LogP contribution < -0.4 is 4.90 Å². The SMILES string of the molecule is Cc1nnc(N(CC2CC2)C2CC2)c(C(=O)O)c1C. The lowest BCUT2D eigenvalue weighted by atomic mass is 10.1. The van der Waals surface area contributed by atoms with Crippen molar-refractivity contribution < 1.29 is 9.90 Å². The summed E-state index contributed by atoms with van der Waals surface area (Å²) in [5, 5.41) is 17.8. The predicted molar refractivity (Wildman–Crippen MR) is 71.6 cm³/mol. The van der Waals surface area contributed by atoms with Crippen LogP contribution in [0.1, 0.15) is 47.3 Å². The van der Waals surface area contributed by atoms with Crippen molar-refractivity contribution in [1.82, 2.24) is 10.2 Å². The molecule has 19 heavy (non-hydrogen) atoms. The van der Waals surface area contributed by atoms with Crippen molar-refractivity contribution in [2.24, 2.45) is 5.92 Å². The first-order valence-corrected chi connectivity index (χ1v) is 6.91. The molecular formula is C14H19N3O2. The first-order valence-electron chi connectivity index (χ1n) is 6.91. The van der Waals surface area contributed by atoms with Gasteiger partial charge in [-0.2, -0.15) is 5.10 Å². The Bertz CT molecular complexity index is 522. The number of carbonyl (C=O) groups is 1. The van der Waals surface area contributed by atoms with Gasteiger partial charge >= 0.3 is 5.97 Å². The molecule has 0 atom stereocenters. The molecule has 0 radical (unpaired) electrons. The zero-order chi connectivity index (χ0) is 13.6. The minimum atomic E-state index is -0.896. The molecule has 102 valence electrons. The molecule has 0 saturated heterocycles. The van der Waals surface area contributed by atoms with Crippen molar-refractivity contribution in [2.45, 2.75) is 45.6 Å². The minimum absolute atomic E-state index is 0.333. The van der Waals surface area contributed by atoms with Gasteiger partial charge in [-0.1, -0.05) is 0 Å². The fraction of sp³-hybridized carbons (Fsp3) is 0.643. The Morgan fingerprint density at radius 1 is 1.26 bits per heavy atom. The molecule has 0 spiro atoms. The third-order valence-electron chi connectivity index (χ3n) is 4.06. The Hall–Kier alpha value is -1.65. The zero-order valence-corrected chi connectivity index (χ0v) is 11.4. The van der Waals surface area contributed by atoms with Gasteiger partial charge in [-0.05, 0) is 51.0 Å². The summed E-state index contributed by atoms with van der Waals surface area (Å²) >= 11 is 0. The second-order valence-corrected chi connectivity index (χ2v) is 5.74. The molecule has 2 fully saturated rings. The van der Waals surface area contributed by atoms with E-state index in [4.69, 9.17) is 0 Å². The molecule has 0 unspecified atom stereocenters. The first kappa shape index (κ1) is 12.4. The Morgan fingerprint density at radius 3 is 2.47 bits per heavy atom. The molecule has 0 aromatic carbocycles. The van der Waals surface area contributed by atoms with Crippen LogP contribution in [0, 0.1) is 19.8 Å².